The summed E-state index contributed by atoms with van der Waals surface area (Å²) in [7, 11) is -3.76. The lowest BCUT2D eigenvalue weighted by Crippen LogP contribution is -2.42. The topological polar surface area (TPSA) is 139 Å². The molecule has 0 saturated carbocycles. The van der Waals surface area contributed by atoms with Crippen LogP contribution in [0.5, 0.6) is 0 Å². The molecular formula is C25H37N5O5S. The lowest BCUT2D eigenvalue weighted by Gasteiger charge is -2.27. The van der Waals surface area contributed by atoms with Gasteiger partial charge in [-0.05, 0) is 49.8 Å². The van der Waals surface area contributed by atoms with Crippen LogP contribution in [0.1, 0.15) is 68.8 Å². The minimum Gasteiger partial charge on any atom is -0.383 e. The summed E-state index contributed by atoms with van der Waals surface area (Å²) >= 11 is 0. The van der Waals surface area contributed by atoms with Crippen molar-refractivity contribution < 1.29 is 13.2 Å². The number of nitrogens with two attached hydrogens (primary N) is 1. The standard InChI is InChI=1S/C25H37N5O5S/c1-5-6-14-29(21-22(26)30(16-17(2)3)25(33)27-23(21)31)24(32)20-15-19(11-10-18(20)4)36(34,35)28-12-8-7-9-13-28/h10-11,15,17H,5-9,12-14,16,26H2,1-4H3,(H,27,31,33). The summed E-state index contributed by atoms with van der Waals surface area (Å²) in [6, 6.07) is 4.50. The summed E-state index contributed by atoms with van der Waals surface area (Å²) in [6.07, 6.45) is 3.92. The van der Waals surface area contributed by atoms with Crippen LogP contribution in [0.4, 0.5) is 11.5 Å². The summed E-state index contributed by atoms with van der Waals surface area (Å²) < 4.78 is 29.2. The zero-order chi connectivity index (χ0) is 26.6. The van der Waals surface area contributed by atoms with E-state index >= 15 is 0 Å². The number of aryl methyl sites for hydroxylation is 1. The number of anilines is 2. The quantitative estimate of drug-likeness (QED) is 0.522. The second-order valence-electron chi connectivity index (χ2n) is 9.75. The molecule has 0 bridgehead atoms. The fourth-order valence-electron chi connectivity index (χ4n) is 4.41. The molecule has 0 aliphatic carbocycles. The number of aromatic amines is 1. The summed E-state index contributed by atoms with van der Waals surface area (Å²) in [6.45, 7) is 8.85. The third kappa shape index (κ3) is 5.73. The Bertz CT molecular complexity index is 1320. The van der Waals surface area contributed by atoms with E-state index in [4.69, 9.17) is 5.73 Å². The van der Waals surface area contributed by atoms with Crippen molar-refractivity contribution in [2.24, 2.45) is 5.92 Å². The summed E-state index contributed by atoms with van der Waals surface area (Å²) in [5, 5.41) is 0. The molecule has 0 spiro atoms. The number of rotatable bonds is 9. The molecule has 1 aliphatic rings. The third-order valence-electron chi connectivity index (χ3n) is 6.40. The first-order valence-electron chi connectivity index (χ1n) is 12.5. The molecule has 0 atom stereocenters. The van der Waals surface area contributed by atoms with Gasteiger partial charge in [-0.25, -0.2) is 13.2 Å². The number of aromatic nitrogens is 2. The number of sulfonamides is 1. The van der Waals surface area contributed by atoms with Gasteiger partial charge in [0, 0.05) is 31.7 Å². The van der Waals surface area contributed by atoms with Crippen LogP contribution in [0.2, 0.25) is 0 Å². The van der Waals surface area contributed by atoms with Crippen LogP contribution < -0.4 is 21.9 Å². The largest absolute Gasteiger partial charge is 0.383 e. The number of nitrogen functional groups attached to an aromatic ring is 1. The SMILES string of the molecule is CCCCN(C(=O)c1cc(S(=O)(=O)N2CCCCC2)ccc1C)c1c(N)n(CC(C)C)c(=O)[nH]c1=O. The highest BCUT2D eigenvalue weighted by molar-refractivity contribution is 7.89. The van der Waals surface area contributed by atoms with Crippen LogP contribution in [-0.4, -0.2) is 47.8 Å². The van der Waals surface area contributed by atoms with Crippen LogP contribution in [-0.2, 0) is 16.6 Å². The monoisotopic (exact) mass is 519 g/mol. The first-order valence-corrected chi connectivity index (χ1v) is 14.0. The van der Waals surface area contributed by atoms with Crippen molar-refractivity contribution in [2.45, 2.75) is 71.2 Å². The maximum Gasteiger partial charge on any atom is 0.330 e. The van der Waals surface area contributed by atoms with E-state index in [0.717, 1.165) is 25.7 Å². The highest BCUT2D eigenvalue weighted by Gasteiger charge is 2.30. The Hall–Kier alpha value is -2.92. The normalized spacial score (nSPS) is 14.8. The number of H-pyrrole nitrogens is 1. The van der Waals surface area contributed by atoms with Crippen LogP contribution in [0.25, 0.3) is 0 Å². The van der Waals surface area contributed by atoms with E-state index in [2.05, 4.69) is 4.98 Å². The Balaban J connectivity index is 2.12. The number of carbonyl (C=O) groups is 1. The van der Waals surface area contributed by atoms with Gasteiger partial charge in [-0.2, -0.15) is 4.31 Å². The molecule has 3 N–H and O–H groups in total. The van der Waals surface area contributed by atoms with Gasteiger partial charge < -0.3 is 10.6 Å². The summed E-state index contributed by atoms with van der Waals surface area (Å²) in [5.74, 6) is -0.553. The average Bonchev–Trinajstić information content (AvgIpc) is 2.84. The highest BCUT2D eigenvalue weighted by Crippen LogP contribution is 2.26. The molecule has 1 saturated heterocycles. The van der Waals surface area contributed by atoms with Gasteiger partial charge in [0.15, 0.2) is 5.69 Å². The Morgan fingerprint density at radius 3 is 2.44 bits per heavy atom. The molecule has 36 heavy (non-hydrogen) atoms. The first kappa shape index (κ1) is 27.7. The minimum absolute atomic E-state index is 0.0421. The zero-order valence-corrected chi connectivity index (χ0v) is 22.4. The molecule has 1 aromatic heterocycles. The van der Waals surface area contributed by atoms with Crippen molar-refractivity contribution in [1.29, 1.82) is 0 Å². The van der Waals surface area contributed by atoms with E-state index in [9.17, 15) is 22.8 Å². The van der Waals surface area contributed by atoms with Crippen LogP contribution >= 0.6 is 0 Å². The van der Waals surface area contributed by atoms with Gasteiger partial charge in [-0.15, -0.1) is 0 Å². The molecule has 198 valence electrons. The van der Waals surface area contributed by atoms with Crippen LogP contribution in [0.15, 0.2) is 32.7 Å². The predicted molar refractivity (Wildman–Crippen MR) is 141 cm³/mol. The molecule has 0 radical (unpaired) electrons. The second-order valence-corrected chi connectivity index (χ2v) is 11.7. The number of carbonyl (C=O) groups excluding carboxylic acids is 1. The summed E-state index contributed by atoms with van der Waals surface area (Å²) in [4.78, 5) is 42.8. The molecule has 1 amide bonds. The molecule has 11 heteroatoms. The third-order valence-corrected chi connectivity index (χ3v) is 8.30. The molecule has 2 heterocycles. The molecule has 1 aliphatic heterocycles. The maximum absolute atomic E-state index is 13.9. The number of unbranched alkanes of at least 4 members (excludes halogenated alkanes) is 1. The molecule has 0 unspecified atom stereocenters. The first-order chi connectivity index (χ1) is 17.0. The minimum atomic E-state index is -3.76. The van der Waals surface area contributed by atoms with E-state index in [0.29, 0.717) is 25.1 Å². The Labute approximate surface area is 212 Å². The van der Waals surface area contributed by atoms with Gasteiger partial charge in [0.25, 0.3) is 11.5 Å². The fourth-order valence-corrected chi connectivity index (χ4v) is 5.95. The zero-order valence-electron chi connectivity index (χ0n) is 21.5. The molecular weight excluding hydrogens is 482 g/mol. The van der Waals surface area contributed by atoms with Crippen molar-refractivity contribution in [1.82, 2.24) is 13.9 Å². The van der Waals surface area contributed by atoms with Crippen LogP contribution in [0.3, 0.4) is 0 Å². The number of nitrogens with one attached hydrogen (secondary N) is 1. The van der Waals surface area contributed by atoms with Gasteiger partial charge in [-0.1, -0.05) is 39.7 Å². The molecule has 10 nitrogen and oxygen atoms in total. The average molecular weight is 520 g/mol. The van der Waals surface area contributed by atoms with Crippen molar-refractivity contribution >= 4 is 27.4 Å². The van der Waals surface area contributed by atoms with Gasteiger partial charge in [0.1, 0.15) is 5.82 Å². The Kier molecular flexibility index (Phi) is 8.78. The molecule has 1 fully saturated rings. The van der Waals surface area contributed by atoms with Gasteiger partial charge in [-0.3, -0.25) is 19.1 Å². The van der Waals surface area contributed by atoms with Gasteiger partial charge in [0.2, 0.25) is 10.0 Å². The molecule has 1 aromatic carbocycles. The van der Waals surface area contributed by atoms with Crippen LogP contribution in [0, 0.1) is 12.8 Å². The van der Waals surface area contributed by atoms with Crippen molar-refractivity contribution in [3.63, 3.8) is 0 Å². The smallest absolute Gasteiger partial charge is 0.330 e. The Morgan fingerprint density at radius 2 is 1.83 bits per heavy atom. The van der Waals surface area contributed by atoms with E-state index in [-0.39, 0.29) is 41.0 Å². The number of piperidine rings is 1. The van der Waals surface area contributed by atoms with E-state index < -0.39 is 27.2 Å². The van der Waals surface area contributed by atoms with Crippen molar-refractivity contribution in [3.8, 4) is 0 Å². The molecule has 3 rings (SSSR count). The van der Waals surface area contributed by atoms with Crippen molar-refractivity contribution in [3.05, 3.63) is 50.2 Å². The number of amides is 1. The lowest BCUT2D eigenvalue weighted by molar-refractivity contribution is 0.0985. The van der Waals surface area contributed by atoms with E-state index in [1.807, 2.05) is 20.8 Å². The second kappa shape index (κ2) is 11.4. The van der Waals surface area contributed by atoms with Gasteiger partial charge in [0.05, 0.1) is 4.90 Å². The fraction of sp³-hybridized carbons (Fsp3) is 0.560. The lowest BCUT2D eigenvalue weighted by atomic mass is 10.1. The molecule has 2 aromatic rings. The van der Waals surface area contributed by atoms with E-state index in [1.54, 1.807) is 13.0 Å². The Morgan fingerprint density at radius 1 is 1.17 bits per heavy atom. The number of nitrogens with zero attached hydrogens (tertiary/aromatic N) is 3. The number of hydrogen-bond donors (Lipinski definition) is 2. The predicted octanol–water partition coefficient (Wildman–Crippen LogP) is 2.70. The van der Waals surface area contributed by atoms with Gasteiger partial charge >= 0.3 is 5.69 Å². The summed E-state index contributed by atoms with van der Waals surface area (Å²) in [5.41, 5.74) is 5.56. The van der Waals surface area contributed by atoms with E-state index in [1.165, 1.54) is 25.9 Å². The maximum atomic E-state index is 13.9. The van der Waals surface area contributed by atoms with Crippen molar-refractivity contribution in [2.75, 3.05) is 30.3 Å². The highest BCUT2D eigenvalue weighted by atomic mass is 32.2. The number of hydrogen-bond acceptors (Lipinski definition) is 6. The number of benzene rings is 1.